The van der Waals surface area contributed by atoms with Gasteiger partial charge in [-0.1, -0.05) is 0 Å². The molecule has 38 valence electrons. The first-order valence-corrected chi connectivity index (χ1v) is 2.27. The fourth-order valence-electron chi connectivity index (χ4n) is 0.554. The molecule has 2 nitrogen and oxygen atoms in total. The molecule has 0 aliphatic carbocycles. The van der Waals surface area contributed by atoms with Crippen LogP contribution < -0.4 is 0 Å². The third kappa shape index (κ3) is 1.69. The van der Waals surface area contributed by atoms with Crippen LogP contribution in [-0.4, -0.2) is 10.2 Å². The molecular formula is C5H8CrN2+6. The first kappa shape index (κ1) is 7.74. The molecule has 1 aromatic rings. The number of aryl methyl sites for hydroxylation is 2. The molecule has 0 aromatic carbocycles. The predicted octanol–water partition coefficient (Wildman–Crippen LogP) is 1.02. The second kappa shape index (κ2) is 2.91. The average molecular weight is 148 g/mol. The minimum absolute atomic E-state index is 0. The Morgan fingerprint density at radius 1 is 1.50 bits per heavy atom. The number of hydrogen-bond acceptors (Lipinski definition) is 1. The molecule has 0 aliphatic heterocycles. The van der Waals surface area contributed by atoms with E-state index >= 15 is 0 Å². The zero-order chi connectivity index (χ0) is 5.28. The van der Waals surface area contributed by atoms with E-state index in [9.17, 15) is 0 Å². The Kier molecular flexibility index (Phi) is 2.82. The number of hydrogen-bond donors (Lipinski definition) is 1. The van der Waals surface area contributed by atoms with Gasteiger partial charge in [-0.15, -0.1) is 0 Å². The van der Waals surface area contributed by atoms with Gasteiger partial charge in [-0.25, -0.2) is 0 Å². The zero-order valence-electron chi connectivity index (χ0n) is 4.93. The molecule has 0 saturated heterocycles. The molecule has 8 heavy (non-hydrogen) atoms. The van der Waals surface area contributed by atoms with Crippen LogP contribution in [-0.2, 0) is 17.4 Å². The number of aromatic nitrogens is 2. The average Bonchev–Trinajstić information content (AvgIpc) is 1.87. The van der Waals surface area contributed by atoms with Gasteiger partial charge in [-0.05, 0) is 19.9 Å². The summed E-state index contributed by atoms with van der Waals surface area (Å²) in [5.41, 5.74) is 2.18. The van der Waals surface area contributed by atoms with Gasteiger partial charge in [0, 0.05) is 5.69 Å². The molecule has 0 radical (unpaired) electrons. The van der Waals surface area contributed by atoms with Crippen molar-refractivity contribution in [2.45, 2.75) is 13.8 Å². The second-order valence-corrected chi connectivity index (χ2v) is 1.69. The van der Waals surface area contributed by atoms with Crippen LogP contribution in [0.3, 0.4) is 0 Å². The molecule has 0 bridgehead atoms. The number of rotatable bonds is 0. The standard InChI is InChI=1S/C5H8N2.Cr/c1-4-3-5(2)7-6-4;/h3H,1-2H3,(H,6,7);/q;+6. The summed E-state index contributed by atoms with van der Waals surface area (Å²) in [5, 5.41) is 6.71. The van der Waals surface area contributed by atoms with Gasteiger partial charge < -0.3 is 0 Å². The van der Waals surface area contributed by atoms with Crippen LogP contribution in [0, 0.1) is 13.8 Å². The van der Waals surface area contributed by atoms with E-state index in [-0.39, 0.29) is 17.4 Å². The molecule has 0 unspecified atom stereocenters. The monoisotopic (exact) mass is 148 g/mol. The van der Waals surface area contributed by atoms with E-state index in [4.69, 9.17) is 0 Å². The van der Waals surface area contributed by atoms with Crippen molar-refractivity contribution in [3.63, 3.8) is 0 Å². The van der Waals surface area contributed by atoms with Gasteiger partial charge in [0.1, 0.15) is 0 Å². The summed E-state index contributed by atoms with van der Waals surface area (Å²) < 4.78 is 0. The quantitative estimate of drug-likeness (QED) is 0.584. The maximum Gasteiger partial charge on any atom is 6.00 e. The summed E-state index contributed by atoms with van der Waals surface area (Å²) in [6.07, 6.45) is 0. The van der Waals surface area contributed by atoms with E-state index in [1.165, 1.54) is 0 Å². The van der Waals surface area contributed by atoms with E-state index in [2.05, 4.69) is 10.2 Å². The Labute approximate surface area is 59.4 Å². The van der Waals surface area contributed by atoms with Gasteiger partial charge in [-0.2, -0.15) is 5.10 Å². The first-order chi connectivity index (χ1) is 3.29. The van der Waals surface area contributed by atoms with Crippen LogP contribution >= 0.6 is 0 Å². The molecule has 0 saturated carbocycles. The zero-order valence-corrected chi connectivity index (χ0v) is 6.21. The van der Waals surface area contributed by atoms with Crippen LogP contribution in [0.4, 0.5) is 0 Å². The van der Waals surface area contributed by atoms with Crippen molar-refractivity contribution in [1.29, 1.82) is 0 Å². The van der Waals surface area contributed by atoms with E-state index < -0.39 is 0 Å². The molecule has 3 heteroatoms. The summed E-state index contributed by atoms with van der Waals surface area (Å²) in [7, 11) is 0. The van der Waals surface area contributed by atoms with E-state index in [1.807, 2.05) is 19.9 Å². The number of nitrogens with zero attached hydrogens (tertiary/aromatic N) is 1. The van der Waals surface area contributed by atoms with Crippen LogP contribution in [0.15, 0.2) is 6.07 Å². The van der Waals surface area contributed by atoms with Crippen molar-refractivity contribution in [2.75, 3.05) is 0 Å². The SMILES string of the molecule is Cc1cc(C)[nH]n1.[Cr+6]. The normalized spacial score (nSPS) is 8.25. The van der Waals surface area contributed by atoms with Gasteiger partial charge in [0.05, 0.1) is 5.69 Å². The predicted molar refractivity (Wildman–Crippen MR) is 28.1 cm³/mol. The molecule has 1 heterocycles. The van der Waals surface area contributed by atoms with Crippen LogP contribution in [0.2, 0.25) is 0 Å². The van der Waals surface area contributed by atoms with Crippen molar-refractivity contribution in [3.8, 4) is 0 Å². The van der Waals surface area contributed by atoms with Crippen LogP contribution in [0.1, 0.15) is 11.4 Å². The fraction of sp³-hybridized carbons (Fsp3) is 0.400. The van der Waals surface area contributed by atoms with Gasteiger partial charge in [-0.3, -0.25) is 5.10 Å². The second-order valence-electron chi connectivity index (χ2n) is 1.69. The molecule has 1 rings (SSSR count). The van der Waals surface area contributed by atoms with Crippen LogP contribution in [0.25, 0.3) is 0 Å². The third-order valence-corrected chi connectivity index (χ3v) is 0.834. The summed E-state index contributed by atoms with van der Waals surface area (Å²) in [4.78, 5) is 0. The molecule has 0 fully saturated rings. The minimum Gasteiger partial charge on any atom is -0.283 e. The van der Waals surface area contributed by atoms with E-state index in [0.29, 0.717) is 0 Å². The van der Waals surface area contributed by atoms with Crippen molar-refractivity contribution in [3.05, 3.63) is 17.5 Å². The van der Waals surface area contributed by atoms with Gasteiger partial charge in [0.2, 0.25) is 0 Å². The maximum atomic E-state index is 3.89. The van der Waals surface area contributed by atoms with Crippen molar-refractivity contribution < 1.29 is 17.4 Å². The molecular weight excluding hydrogens is 140 g/mol. The summed E-state index contributed by atoms with van der Waals surface area (Å²) in [6, 6.07) is 2.00. The van der Waals surface area contributed by atoms with E-state index in [1.54, 1.807) is 0 Å². The first-order valence-electron chi connectivity index (χ1n) is 2.27. The number of H-pyrrole nitrogens is 1. The molecule has 0 amide bonds. The number of nitrogens with one attached hydrogen (secondary N) is 1. The molecule has 0 spiro atoms. The van der Waals surface area contributed by atoms with Crippen molar-refractivity contribution in [2.24, 2.45) is 0 Å². The Bertz CT molecular complexity index is 143. The van der Waals surface area contributed by atoms with Crippen LogP contribution in [0.5, 0.6) is 0 Å². The molecule has 0 atom stereocenters. The van der Waals surface area contributed by atoms with Gasteiger partial charge in [0.25, 0.3) is 0 Å². The largest absolute Gasteiger partial charge is 6.00 e. The van der Waals surface area contributed by atoms with Gasteiger partial charge in [0.15, 0.2) is 0 Å². The topological polar surface area (TPSA) is 28.7 Å². The smallest absolute Gasteiger partial charge is 0.283 e. The number of aromatic amines is 1. The Morgan fingerprint density at radius 2 is 2.12 bits per heavy atom. The third-order valence-electron chi connectivity index (χ3n) is 0.834. The molecule has 1 aromatic heterocycles. The maximum absolute atomic E-state index is 3.89. The Hall–Kier alpha value is -0.258. The summed E-state index contributed by atoms with van der Waals surface area (Å²) in [6.45, 7) is 3.95. The van der Waals surface area contributed by atoms with Crippen molar-refractivity contribution in [1.82, 2.24) is 10.2 Å². The molecule has 1 N–H and O–H groups in total. The van der Waals surface area contributed by atoms with Crippen molar-refractivity contribution >= 4 is 0 Å². The minimum atomic E-state index is 0. The summed E-state index contributed by atoms with van der Waals surface area (Å²) >= 11 is 0. The molecule has 0 aliphatic rings. The Balaban J connectivity index is 0.000000490. The fourth-order valence-corrected chi connectivity index (χ4v) is 0.554. The van der Waals surface area contributed by atoms with E-state index in [0.717, 1.165) is 11.4 Å². The Morgan fingerprint density at radius 3 is 2.25 bits per heavy atom. The van der Waals surface area contributed by atoms with Gasteiger partial charge >= 0.3 is 17.4 Å². The summed E-state index contributed by atoms with van der Waals surface area (Å²) in [5.74, 6) is 0.